The Balaban J connectivity index is 2.43. The van der Waals surface area contributed by atoms with Crippen molar-refractivity contribution in [3.63, 3.8) is 0 Å². The van der Waals surface area contributed by atoms with E-state index in [0.29, 0.717) is 5.56 Å². The molecular weight excluding hydrogens is 178 g/mol. The number of anilines is 1. The van der Waals surface area contributed by atoms with Crippen molar-refractivity contribution in [1.29, 1.82) is 0 Å². The Morgan fingerprint density at radius 2 is 1.93 bits per heavy atom. The highest BCUT2D eigenvalue weighted by molar-refractivity contribution is 5.54. The van der Waals surface area contributed by atoms with Gasteiger partial charge in [0.2, 0.25) is 0 Å². The number of phenolic OH excluding ortho intramolecular Hbond substituents is 1. The first-order chi connectivity index (χ1) is 6.53. The zero-order chi connectivity index (χ0) is 10.3. The molecule has 0 spiro atoms. The highest BCUT2D eigenvalue weighted by atomic mass is 16.3. The number of hydrogen-bond donors (Lipinski definition) is 2. The number of aliphatic hydroxyl groups is 1. The van der Waals surface area contributed by atoms with Gasteiger partial charge in [-0.3, -0.25) is 0 Å². The molecular formula is C11H15NO2. The molecule has 0 bridgehead atoms. The van der Waals surface area contributed by atoms with Crippen LogP contribution in [-0.2, 0) is 5.60 Å². The molecule has 76 valence electrons. The monoisotopic (exact) mass is 193 g/mol. The first-order valence-electron chi connectivity index (χ1n) is 4.76. The van der Waals surface area contributed by atoms with Gasteiger partial charge in [-0.05, 0) is 31.0 Å². The Kier molecular flexibility index (Phi) is 1.93. The molecule has 0 aliphatic heterocycles. The van der Waals surface area contributed by atoms with Crippen LogP contribution < -0.4 is 4.90 Å². The standard InChI is InChI=1S/C11H15NO2/c1-12(2)8-3-4-10(13)9(7-8)11(14)5-6-11/h3-4,7,13-14H,5-6H2,1-2H3. The lowest BCUT2D eigenvalue weighted by molar-refractivity contribution is 0.148. The molecule has 1 fully saturated rings. The van der Waals surface area contributed by atoms with E-state index in [-0.39, 0.29) is 5.75 Å². The average molecular weight is 193 g/mol. The van der Waals surface area contributed by atoms with Crippen LogP contribution in [0.4, 0.5) is 5.69 Å². The lowest BCUT2D eigenvalue weighted by Crippen LogP contribution is -2.11. The highest BCUT2D eigenvalue weighted by Gasteiger charge is 2.44. The minimum absolute atomic E-state index is 0.190. The first-order valence-corrected chi connectivity index (χ1v) is 4.76. The molecule has 0 atom stereocenters. The number of rotatable bonds is 2. The van der Waals surface area contributed by atoms with Crippen LogP contribution in [0.15, 0.2) is 18.2 Å². The zero-order valence-corrected chi connectivity index (χ0v) is 8.49. The van der Waals surface area contributed by atoms with Crippen LogP contribution in [-0.4, -0.2) is 24.3 Å². The van der Waals surface area contributed by atoms with Crippen LogP contribution in [0, 0.1) is 0 Å². The molecule has 0 radical (unpaired) electrons. The minimum atomic E-state index is -0.768. The largest absolute Gasteiger partial charge is 0.508 e. The molecule has 1 aromatic rings. The van der Waals surface area contributed by atoms with Gasteiger partial charge in [-0.25, -0.2) is 0 Å². The second-order valence-corrected chi connectivity index (χ2v) is 4.13. The third-order valence-electron chi connectivity index (χ3n) is 2.72. The Labute approximate surface area is 83.6 Å². The summed E-state index contributed by atoms with van der Waals surface area (Å²) >= 11 is 0. The summed E-state index contributed by atoms with van der Waals surface area (Å²) in [6, 6.07) is 5.33. The number of phenols is 1. The van der Waals surface area contributed by atoms with Crippen LogP contribution in [0.3, 0.4) is 0 Å². The van der Waals surface area contributed by atoms with E-state index in [1.165, 1.54) is 0 Å². The van der Waals surface area contributed by atoms with E-state index in [1.54, 1.807) is 6.07 Å². The normalized spacial score (nSPS) is 17.9. The van der Waals surface area contributed by atoms with E-state index in [4.69, 9.17) is 0 Å². The maximum Gasteiger partial charge on any atom is 0.121 e. The van der Waals surface area contributed by atoms with Crippen LogP contribution >= 0.6 is 0 Å². The molecule has 1 aliphatic rings. The average Bonchev–Trinajstić information content (AvgIpc) is 2.85. The third kappa shape index (κ3) is 1.44. The Hall–Kier alpha value is -1.22. The molecule has 0 amide bonds. The summed E-state index contributed by atoms with van der Waals surface area (Å²) in [4.78, 5) is 1.95. The smallest absolute Gasteiger partial charge is 0.121 e. The Bertz CT molecular complexity index is 356. The van der Waals surface area contributed by atoms with E-state index in [2.05, 4.69) is 0 Å². The van der Waals surface area contributed by atoms with Gasteiger partial charge in [0.15, 0.2) is 0 Å². The lowest BCUT2D eigenvalue weighted by Gasteiger charge is -2.17. The maximum absolute atomic E-state index is 9.91. The van der Waals surface area contributed by atoms with Crippen molar-refractivity contribution in [3.8, 4) is 5.75 Å². The van der Waals surface area contributed by atoms with Crippen molar-refractivity contribution in [3.05, 3.63) is 23.8 Å². The van der Waals surface area contributed by atoms with Crippen LogP contribution in [0.25, 0.3) is 0 Å². The molecule has 0 heterocycles. The summed E-state index contributed by atoms with van der Waals surface area (Å²) < 4.78 is 0. The Morgan fingerprint density at radius 3 is 2.43 bits per heavy atom. The number of aromatic hydroxyl groups is 1. The quantitative estimate of drug-likeness (QED) is 0.747. The summed E-state index contributed by atoms with van der Waals surface area (Å²) in [5, 5.41) is 19.5. The van der Waals surface area contributed by atoms with Crippen LogP contribution in [0.2, 0.25) is 0 Å². The molecule has 1 aromatic carbocycles. The maximum atomic E-state index is 9.91. The predicted molar refractivity (Wildman–Crippen MR) is 55.6 cm³/mol. The molecule has 2 rings (SSSR count). The molecule has 0 saturated heterocycles. The second-order valence-electron chi connectivity index (χ2n) is 4.13. The molecule has 2 N–H and O–H groups in total. The van der Waals surface area contributed by atoms with Gasteiger partial charge in [-0.15, -0.1) is 0 Å². The van der Waals surface area contributed by atoms with Gasteiger partial charge in [-0.1, -0.05) is 0 Å². The van der Waals surface area contributed by atoms with Crippen molar-refractivity contribution in [1.82, 2.24) is 0 Å². The van der Waals surface area contributed by atoms with Gasteiger partial charge < -0.3 is 15.1 Å². The summed E-state index contributed by atoms with van der Waals surface area (Å²) in [6.07, 6.45) is 1.49. The van der Waals surface area contributed by atoms with Gasteiger partial charge in [0, 0.05) is 25.3 Å². The van der Waals surface area contributed by atoms with Gasteiger partial charge in [0.25, 0.3) is 0 Å². The van der Waals surface area contributed by atoms with Crippen LogP contribution in [0.1, 0.15) is 18.4 Å². The molecule has 1 aliphatic carbocycles. The van der Waals surface area contributed by atoms with Gasteiger partial charge in [0.1, 0.15) is 5.75 Å². The van der Waals surface area contributed by atoms with Gasteiger partial charge in [0.05, 0.1) is 5.60 Å². The summed E-state index contributed by atoms with van der Waals surface area (Å²) in [6.45, 7) is 0. The van der Waals surface area contributed by atoms with E-state index >= 15 is 0 Å². The Morgan fingerprint density at radius 1 is 1.29 bits per heavy atom. The molecule has 0 unspecified atom stereocenters. The first kappa shape index (κ1) is 9.34. The fourth-order valence-corrected chi connectivity index (χ4v) is 1.56. The van der Waals surface area contributed by atoms with E-state index in [0.717, 1.165) is 18.5 Å². The number of nitrogens with zero attached hydrogens (tertiary/aromatic N) is 1. The summed E-state index contributed by atoms with van der Waals surface area (Å²) in [7, 11) is 3.88. The van der Waals surface area contributed by atoms with Crippen molar-refractivity contribution in [2.24, 2.45) is 0 Å². The minimum Gasteiger partial charge on any atom is -0.508 e. The second kappa shape index (κ2) is 2.89. The topological polar surface area (TPSA) is 43.7 Å². The fraction of sp³-hybridized carbons (Fsp3) is 0.455. The molecule has 3 nitrogen and oxygen atoms in total. The number of hydrogen-bond acceptors (Lipinski definition) is 3. The molecule has 14 heavy (non-hydrogen) atoms. The lowest BCUT2D eigenvalue weighted by atomic mass is 10.1. The van der Waals surface area contributed by atoms with Crippen molar-refractivity contribution in [2.75, 3.05) is 19.0 Å². The van der Waals surface area contributed by atoms with Crippen molar-refractivity contribution in [2.45, 2.75) is 18.4 Å². The van der Waals surface area contributed by atoms with E-state index in [1.807, 2.05) is 31.1 Å². The van der Waals surface area contributed by atoms with Gasteiger partial charge >= 0.3 is 0 Å². The van der Waals surface area contributed by atoms with Gasteiger partial charge in [-0.2, -0.15) is 0 Å². The van der Waals surface area contributed by atoms with Crippen molar-refractivity contribution < 1.29 is 10.2 Å². The van der Waals surface area contributed by atoms with Crippen LogP contribution in [0.5, 0.6) is 5.75 Å². The predicted octanol–water partition coefficient (Wildman–Crippen LogP) is 1.44. The number of benzene rings is 1. The highest BCUT2D eigenvalue weighted by Crippen LogP contribution is 2.49. The zero-order valence-electron chi connectivity index (χ0n) is 8.49. The SMILES string of the molecule is CN(C)c1ccc(O)c(C2(O)CC2)c1. The van der Waals surface area contributed by atoms with Crippen molar-refractivity contribution >= 4 is 5.69 Å². The molecule has 0 aromatic heterocycles. The van der Waals surface area contributed by atoms with E-state index in [9.17, 15) is 10.2 Å². The third-order valence-corrected chi connectivity index (χ3v) is 2.72. The fourth-order valence-electron chi connectivity index (χ4n) is 1.56. The summed E-state index contributed by atoms with van der Waals surface area (Å²) in [5.41, 5.74) is 0.887. The molecule has 3 heteroatoms. The van der Waals surface area contributed by atoms with E-state index < -0.39 is 5.60 Å². The molecule has 1 saturated carbocycles. The summed E-state index contributed by atoms with van der Waals surface area (Å²) in [5.74, 6) is 0.190.